The molecular weight excluding hydrogens is 305 g/mol. The van der Waals surface area contributed by atoms with E-state index in [1.807, 2.05) is 4.72 Å². The van der Waals surface area contributed by atoms with E-state index in [2.05, 4.69) is 0 Å². The molecule has 118 valence electrons. The molecule has 0 aliphatic carbocycles. The van der Waals surface area contributed by atoms with Gasteiger partial charge in [-0.1, -0.05) is 0 Å². The zero-order valence-corrected chi connectivity index (χ0v) is 12.5. The SMILES string of the molecule is COc1ccc(S(=O)(=O)NCC(C)(O)C(=O)O)c(C)c1F. The predicted molar refractivity (Wildman–Crippen MR) is 71.1 cm³/mol. The van der Waals surface area contributed by atoms with E-state index in [0.29, 0.717) is 0 Å². The van der Waals surface area contributed by atoms with Gasteiger partial charge in [-0.2, -0.15) is 0 Å². The zero-order chi connectivity index (χ0) is 16.4. The molecular formula is C12H16FNO6S. The van der Waals surface area contributed by atoms with Crippen LogP contribution in [-0.4, -0.2) is 43.9 Å². The van der Waals surface area contributed by atoms with Gasteiger partial charge in [0.15, 0.2) is 17.2 Å². The first kappa shape index (κ1) is 17.3. The second kappa shape index (κ2) is 5.96. The number of hydrogen-bond acceptors (Lipinski definition) is 5. The summed E-state index contributed by atoms with van der Waals surface area (Å²) in [5, 5.41) is 18.2. The van der Waals surface area contributed by atoms with Crippen molar-refractivity contribution in [3.8, 4) is 5.75 Å². The van der Waals surface area contributed by atoms with Gasteiger partial charge in [0.2, 0.25) is 10.0 Å². The molecule has 0 radical (unpaired) electrons. The molecule has 0 saturated heterocycles. The maximum Gasteiger partial charge on any atom is 0.336 e. The Hall–Kier alpha value is -1.71. The number of carbonyl (C=O) groups is 1. The Kier molecular flexibility index (Phi) is 4.92. The molecule has 0 aromatic heterocycles. The van der Waals surface area contributed by atoms with Crippen LogP contribution in [0.5, 0.6) is 5.75 Å². The van der Waals surface area contributed by atoms with Crippen LogP contribution >= 0.6 is 0 Å². The Morgan fingerprint density at radius 1 is 1.48 bits per heavy atom. The first-order valence-corrected chi connectivity index (χ1v) is 7.30. The summed E-state index contributed by atoms with van der Waals surface area (Å²) in [5.41, 5.74) is -2.44. The summed E-state index contributed by atoms with van der Waals surface area (Å²) in [7, 11) is -2.93. The molecule has 7 nitrogen and oxygen atoms in total. The van der Waals surface area contributed by atoms with E-state index >= 15 is 0 Å². The normalized spacial score (nSPS) is 14.5. The van der Waals surface area contributed by atoms with E-state index in [9.17, 15) is 22.7 Å². The van der Waals surface area contributed by atoms with E-state index in [1.165, 1.54) is 14.0 Å². The number of aliphatic carboxylic acids is 1. The molecule has 1 aromatic rings. The molecule has 9 heteroatoms. The standard InChI is InChI=1S/C12H16FNO6S/c1-7-9(5-4-8(20-3)10(7)13)21(18,19)14-6-12(2,17)11(15)16/h4-5,14,17H,6H2,1-3H3,(H,15,16). The number of halogens is 1. The smallest absolute Gasteiger partial charge is 0.336 e. The average Bonchev–Trinajstić information content (AvgIpc) is 2.39. The average molecular weight is 321 g/mol. The third-order valence-corrected chi connectivity index (χ3v) is 4.42. The fourth-order valence-electron chi connectivity index (χ4n) is 1.48. The summed E-state index contributed by atoms with van der Waals surface area (Å²) < 4.78 is 44.6. The fourth-order valence-corrected chi connectivity index (χ4v) is 2.85. The lowest BCUT2D eigenvalue weighted by molar-refractivity contribution is -0.155. The van der Waals surface area contributed by atoms with Gasteiger partial charge in [-0.05, 0) is 26.0 Å². The van der Waals surface area contributed by atoms with Crippen molar-refractivity contribution in [2.75, 3.05) is 13.7 Å². The summed E-state index contributed by atoms with van der Waals surface area (Å²) in [5.74, 6) is -2.52. The van der Waals surface area contributed by atoms with Gasteiger partial charge in [-0.3, -0.25) is 0 Å². The summed E-state index contributed by atoms with van der Waals surface area (Å²) in [6, 6.07) is 2.28. The maximum atomic E-state index is 13.8. The zero-order valence-electron chi connectivity index (χ0n) is 11.7. The van der Waals surface area contributed by atoms with Gasteiger partial charge in [0, 0.05) is 5.56 Å². The minimum atomic E-state index is -4.17. The first-order valence-electron chi connectivity index (χ1n) is 5.81. The number of aliphatic hydroxyl groups is 1. The summed E-state index contributed by atoms with van der Waals surface area (Å²) in [4.78, 5) is 10.4. The highest BCUT2D eigenvalue weighted by Crippen LogP contribution is 2.26. The molecule has 21 heavy (non-hydrogen) atoms. The molecule has 0 amide bonds. The molecule has 1 atom stereocenters. The number of rotatable bonds is 6. The van der Waals surface area contributed by atoms with Crippen LogP contribution in [-0.2, 0) is 14.8 Å². The topological polar surface area (TPSA) is 113 Å². The van der Waals surface area contributed by atoms with Crippen LogP contribution in [0.25, 0.3) is 0 Å². The van der Waals surface area contributed by atoms with Crippen LogP contribution in [0.3, 0.4) is 0 Å². The van der Waals surface area contributed by atoms with Crippen molar-refractivity contribution in [2.45, 2.75) is 24.3 Å². The molecule has 0 spiro atoms. The van der Waals surface area contributed by atoms with Gasteiger partial charge >= 0.3 is 5.97 Å². The second-order valence-electron chi connectivity index (χ2n) is 4.61. The Morgan fingerprint density at radius 2 is 2.05 bits per heavy atom. The van der Waals surface area contributed by atoms with Crippen molar-refractivity contribution >= 4 is 16.0 Å². The number of methoxy groups -OCH3 is 1. The number of nitrogens with one attached hydrogen (secondary N) is 1. The molecule has 0 aliphatic rings. The third-order valence-electron chi connectivity index (χ3n) is 2.88. The van der Waals surface area contributed by atoms with Gasteiger partial charge in [-0.15, -0.1) is 0 Å². The van der Waals surface area contributed by atoms with Crippen molar-refractivity contribution in [1.82, 2.24) is 4.72 Å². The van der Waals surface area contributed by atoms with Crippen molar-refractivity contribution < 1.29 is 32.6 Å². The number of benzene rings is 1. The van der Waals surface area contributed by atoms with Crippen molar-refractivity contribution in [2.24, 2.45) is 0 Å². The summed E-state index contributed by atoms with van der Waals surface area (Å²) in [6.45, 7) is 1.44. The molecule has 3 N–H and O–H groups in total. The lowest BCUT2D eigenvalue weighted by Crippen LogP contribution is -2.46. The van der Waals surface area contributed by atoms with Crippen molar-refractivity contribution in [3.05, 3.63) is 23.5 Å². The minimum absolute atomic E-state index is 0.107. The number of hydrogen-bond donors (Lipinski definition) is 3. The highest BCUT2D eigenvalue weighted by Gasteiger charge is 2.32. The predicted octanol–water partition coefficient (Wildman–Crippen LogP) is 0.257. The van der Waals surface area contributed by atoms with Crippen LogP contribution in [0.15, 0.2) is 17.0 Å². The Balaban J connectivity index is 3.10. The fraction of sp³-hybridized carbons (Fsp3) is 0.417. The van der Waals surface area contributed by atoms with Crippen LogP contribution in [0.1, 0.15) is 12.5 Å². The second-order valence-corrected chi connectivity index (χ2v) is 6.34. The molecule has 0 aliphatic heterocycles. The van der Waals surface area contributed by atoms with E-state index in [0.717, 1.165) is 19.1 Å². The van der Waals surface area contributed by atoms with Gasteiger partial charge in [0.05, 0.1) is 18.6 Å². The molecule has 1 unspecified atom stereocenters. The minimum Gasteiger partial charge on any atom is -0.494 e. The summed E-state index contributed by atoms with van der Waals surface area (Å²) >= 11 is 0. The van der Waals surface area contributed by atoms with Gasteiger partial charge in [0.25, 0.3) is 0 Å². The number of carboxylic acid groups (broad SMARTS) is 1. The molecule has 1 rings (SSSR count). The first-order chi connectivity index (χ1) is 9.53. The quantitative estimate of drug-likeness (QED) is 0.692. The highest BCUT2D eigenvalue weighted by atomic mass is 32.2. The highest BCUT2D eigenvalue weighted by molar-refractivity contribution is 7.89. The Morgan fingerprint density at radius 3 is 2.52 bits per heavy atom. The Bertz CT molecular complexity index is 656. The lowest BCUT2D eigenvalue weighted by atomic mass is 10.1. The maximum absolute atomic E-state index is 13.8. The van der Waals surface area contributed by atoms with E-state index in [4.69, 9.17) is 9.84 Å². The molecule has 0 heterocycles. The summed E-state index contributed by atoms with van der Waals surface area (Å²) in [6.07, 6.45) is 0. The number of ether oxygens (including phenoxy) is 1. The van der Waals surface area contributed by atoms with Crippen LogP contribution in [0.2, 0.25) is 0 Å². The van der Waals surface area contributed by atoms with Gasteiger partial charge in [-0.25, -0.2) is 22.3 Å². The number of carboxylic acids is 1. The van der Waals surface area contributed by atoms with E-state index in [1.54, 1.807) is 0 Å². The van der Waals surface area contributed by atoms with E-state index in [-0.39, 0.29) is 16.2 Å². The molecule has 0 bridgehead atoms. The Labute approximate surface area is 121 Å². The van der Waals surface area contributed by atoms with Gasteiger partial charge < -0.3 is 14.9 Å². The van der Waals surface area contributed by atoms with Crippen molar-refractivity contribution in [3.63, 3.8) is 0 Å². The van der Waals surface area contributed by atoms with E-state index < -0.39 is 34.0 Å². The van der Waals surface area contributed by atoms with Crippen LogP contribution < -0.4 is 9.46 Å². The van der Waals surface area contributed by atoms with Crippen LogP contribution in [0.4, 0.5) is 4.39 Å². The van der Waals surface area contributed by atoms with Gasteiger partial charge in [0.1, 0.15) is 0 Å². The lowest BCUT2D eigenvalue weighted by Gasteiger charge is -2.19. The monoisotopic (exact) mass is 321 g/mol. The third kappa shape index (κ3) is 3.69. The molecule has 0 saturated carbocycles. The van der Waals surface area contributed by atoms with Crippen molar-refractivity contribution in [1.29, 1.82) is 0 Å². The largest absolute Gasteiger partial charge is 0.494 e. The molecule has 0 fully saturated rings. The number of sulfonamides is 1. The van der Waals surface area contributed by atoms with Crippen LogP contribution in [0, 0.1) is 12.7 Å². The molecule has 1 aromatic carbocycles.